The lowest BCUT2D eigenvalue weighted by Gasteiger charge is -2.27. The van der Waals surface area contributed by atoms with Crippen LogP contribution in [0.5, 0.6) is 0 Å². The van der Waals surface area contributed by atoms with Gasteiger partial charge < -0.3 is 15.4 Å². The van der Waals surface area contributed by atoms with E-state index >= 15 is 0 Å². The van der Waals surface area contributed by atoms with Crippen molar-refractivity contribution in [3.63, 3.8) is 0 Å². The highest BCUT2D eigenvalue weighted by atomic mass is 32.1. The lowest BCUT2D eigenvalue weighted by atomic mass is 9.93. The van der Waals surface area contributed by atoms with Crippen molar-refractivity contribution in [1.29, 1.82) is 0 Å². The summed E-state index contributed by atoms with van der Waals surface area (Å²) >= 11 is 1.51. The van der Waals surface area contributed by atoms with Crippen LogP contribution in [0.15, 0.2) is 65.5 Å². The average Bonchev–Trinajstić information content (AvgIpc) is 3.55. The molecule has 0 radical (unpaired) electrons. The van der Waals surface area contributed by atoms with Crippen LogP contribution < -0.4 is 5.73 Å². The van der Waals surface area contributed by atoms with E-state index in [2.05, 4.69) is 16.6 Å². The molecular weight excluding hydrogens is 518 g/mol. The number of carbonyl (C=O) groups excluding carboxylic acids is 1. The third-order valence-corrected chi connectivity index (χ3v) is 7.83. The van der Waals surface area contributed by atoms with Gasteiger partial charge in [-0.3, -0.25) is 9.79 Å². The van der Waals surface area contributed by atoms with Crippen molar-refractivity contribution in [1.82, 2.24) is 9.88 Å². The molecule has 4 rings (SSSR count). The number of likely N-dealkylation sites (tertiary alicyclic amines) is 1. The number of halogens is 2. The smallest absolute Gasteiger partial charge is 0.270 e. The zero-order valence-corrected chi connectivity index (χ0v) is 23.5. The number of aliphatic imine (C=N–C) groups is 1. The molecule has 1 saturated heterocycles. The van der Waals surface area contributed by atoms with Gasteiger partial charge in [0.15, 0.2) is 0 Å². The van der Waals surface area contributed by atoms with E-state index in [1.54, 1.807) is 24.9 Å². The van der Waals surface area contributed by atoms with Crippen LogP contribution in [0.3, 0.4) is 0 Å². The maximum atomic E-state index is 14.6. The van der Waals surface area contributed by atoms with E-state index in [0.717, 1.165) is 36.0 Å². The molecule has 0 aliphatic carbocycles. The fourth-order valence-corrected chi connectivity index (χ4v) is 5.75. The number of rotatable bonds is 8. The van der Waals surface area contributed by atoms with Crippen molar-refractivity contribution in [3.05, 3.63) is 93.4 Å². The first-order valence-corrected chi connectivity index (χ1v) is 13.7. The van der Waals surface area contributed by atoms with Crippen molar-refractivity contribution >= 4 is 28.9 Å². The van der Waals surface area contributed by atoms with Gasteiger partial charge in [-0.1, -0.05) is 36.9 Å². The van der Waals surface area contributed by atoms with E-state index in [9.17, 15) is 13.6 Å². The van der Waals surface area contributed by atoms with Gasteiger partial charge in [-0.25, -0.2) is 13.8 Å². The maximum Gasteiger partial charge on any atom is 0.270 e. The fraction of sp³-hybridized carbons (Fsp3) is 0.367. The number of alkyl halides is 2. The minimum atomic E-state index is -3.18. The molecule has 3 aromatic rings. The number of amides is 1. The normalized spacial score (nSPS) is 17.7. The summed E-state index contributed by atoms with van der Waals surface area (Å²) in [6.07, 6.45) is 2.03. The number of hydrogen-bond donors (Lipinski definition) is 1. The average molecular weight is 553 g/mol. The Morgan fingerprint density at radius 2 is 1.92 bits per heavy atom. The molecule has 1 aliphatic heterocycles. The minimum Gasteiger partial charge on any atom is -0.441 e. The Morgan fingerprint density at radius 1 is 1.23 bits per heavy atom. The summed E-state index contributed by atoms with van der Waals surface area (Å²) in [5, 5.41) is 2.80. The quantitative estimate of drug-likeness (QED) is 0.196. The zero-order chi connectivity index (χ0) is 28.4. The third-order valence-electron chi connectivity index (χ3n) is 6.77. The molecule has 1 fully saturated rings. The number of nitrogens with zero attached hydrogens (tertiary/aromatic N) is 3. The predicted octanol–water partition coefficient (Wildman–Crippen LogP) is 6.52. The first kappa shape index (κ1) is 28.6. The Kier molecular flexibility index (Phi) is 8.32. The van der Waals surface area contributed by atoms with Crippen molar-refractivity contribution in [2.24, 2.45) is 10.7 Å². The van der Waals surface area contributed by atoms with Gasteiger partial charge in [0.2, 0.25) is 5.90 Å². The summed E-state index contributed by atoms with van der Waals surface area (Å²) in [6, 6.07) is 13.6. The standard InChI is InChI=1S/C30H34F2N4O2S/c1-19-18-39-26(35-19)25-12-9-13-36(25)27(37)23-14-22(15-24(16-23)30(4,31)32)20(2)38-28(34-5)29(3,33)17-21-10-7-6-8-11-21/h6-8,10-11,14-16,18,25H,2,9,12-13,17,33H2,1,3-5H3/t25-,29?/m1/s1. The zero-order valence-electron chi connectivity index (χ0n) is 22.7. The summed E-state index contributed by atoms with van der Waals surface area (Å²) < 4.78 is 35.1. The van der Waals surface area contributed by atoms with E-state index in [1.807, 2.05) is 42.6 Å². The van der Waals surface area contributed by atoms with Crippen LogP contribution in [0, 0.1) is 6.92 Å². The van der Waals surface area contributed by atoms with Gasteiger partial charge in [0.05, 0.1) is 11.6 Å². The van der Waals surface area contributed by atoms with Crippen molar-refractivity contribution < 1.29 is 18.3 Å². The largest absolute Gasteiger partial charge is 0.441 e. The number of aryl methyl sites for hydroxylation is 1. The molecule has 39 heavy (non-hydrogen) atoms. The second kappa shape index (κ2) is 11.4. The van der Waals surface area contributed by atoms with Gasteiger partial charge in [-0.15, -0.1) is 11.3 Å². The highest BCUT2D eigenvalue weighted by molar-refractivity contribution is 7.09. The number of hydrogen-bond acceptors (Lipinski definition) is 6. The first-order chi connectivity index (χ1) is 18.4. The van der Waals surface area contributed by atoms with Crippen LogP contribution in [-0.2, 0) is 17.1 Å². The molecule has 0 bridgehead atoms. The lowest BCUT2D eigenvalue weighted by Crippen LogP contribution is -2.48. The molecule has 2 aromatic carbocycles. The fourth-order valence-electron chi connectivity index (χ4n) is 4.81. The number of carbonyl (C=O) groups is 1. The second-order valence-corrected chi connectivity index (χ2v) is 11.2. The predicted molar refractivity (Wildman–Crippen MR) is 152 cm³/mol. The highest BCUT2D eigenvalue weighted by Gasteiger charge is 2.35. The van der Waals surface area contributed by atoms with Gasteiger partial charge in [0, 0.05) is 48.3 Å². The van der Waals surface area contributed by atoms with Gasteiger partial charge >= 0.3 is 0 Å². The van der Waals surface area contributed by atoms with Crippen molar-refractivity contribution in [2.45, 2.75) is 57.5 Å². The summed E-state index contributed by atoms with van der Waals surface area (Å²) in [5.41, 5.74) is 7.58. The minimum absolute atomic E-state index is 0.0778. The van der Waals surface area contributed by atoms with Crippen LogP contribution >= 0.6 is 11.3 Å². The Bertz CT molecular complexity index is 1380. The molecular formula is C30H34F2N4O2S. The number of nitrogens with two attached hydrogens (primary N) is 1. The molecule has 2 atom stereocenters. The van der Waals surface area contributed by atoms with E-state index in [4.69, 9.17) is 10.5 Å². The summed E-state index contributed by atoms with van der Waals surface area (Å²) in [7, 11) is 1.55. The second-order valence-electron chi connectivity index (χ2n) is 10.3. The SMILES string of the molecule is C=C(OC(=NC)C(C)(N)Cc1ccccc1)c1cc(C(=O)N2CCC[C@@H]2c2nc(C)cs2)cc(C(C)(F)F)c1. The van der Waals surface area contributed by atoms with Gasteiger partial charge in [0.1, 0.15) is 10.8 Å². The molecule has 6 nitrogen and oxygen atoms in total. The number of ether oxygens (including phenoxy) is 1. The van der Waals surface area contributed by atoms with Crippen LogP contribution in [-0.4, -0.2) is 40.8 Å². The number of aromatic nitrogens is 1. The van der Waals surface area contributed by atoms with E-state index in [0.29, 0.717) is 13.0 Å². The molecule has 2 N–H and O–H groups in total. The van der Waals surface area contributed by atoms with Crippen molar-refractivity contribution in [2.75, 3.05) is 13.6 Å². The lowest BCUT2D eigenvalue weighted by molar-refractivity contribution is 0.0173. The molecule has 9 heteroatoms. The molecule has 1 aromatic heterocycles. The molecule has 0 saturated carbocycles. The van der Waals surface area contributed by atoms with Gasteiger partial charge in [-0.05, 0) is 56.9 Å². The molecule has 1 amide bonds. The van der Waals surface area contributed by atoms with Gasteiger partial charge in [0.25, 0.3) is 11.8 Å². The van der Waals surface area contributed by atoms with Crippen LogP contribution in [0.1, 0.15) is 70.5 Å². The molecule has 206 valence electrons. The van der Waals surface area contributed by atoms with Crippen LogP contribution in [0.2, 0.25) is 0 Å². The summed E-state index contributed by atoms with van der Waals surface area (Å²) in [5.74, 6) is -3.23. The summed E-state index contributed by atoms with van der Waals surface area (Å²) in [6.45, 7) is 9.01. The molecule has 1 unspecified atom stereocenters. The number of benzene rings is 2. The molecule has 0 spiro atoms. The Morgan fingerprint density at radius 3 is 2.54 bits per heavy atom. The van der Waals surface area contributed by atoms with Crippen LogP contribution in [0.4, 0.5) is 8.78 Å². The van der Waals surface area contributed by atoms with E-state index < -0.39 is 11.5 Å². The van der Waals surface area contributed by atoms with E-state index in [1.165, 1.54) is 23.5 Å². The van der Waals surface area contributed by atoms with Crippen molar-refractivity contribution in [3.8, 4) is 0 Å². The molecule has 1 aliphatic rings. The third kappa shape index (κ3) is 6.59. The first-order valence-electron chi connectivity index (χ1n) is 12.8. The Balaban J connectivity index is 1.62. The van der Waals surface area contributed by atoms with Crippen LogP contribution in [0.25, 0.3) is 5.76 Å². The molecule has 2 heterocycles. The monoisotopic (exact) mass is 552 g/mol. The number of thiazole rings is 1. The summed E-state index contributed by atoms with van der Waals surface area (Å²) in [4.78, 5) is 24.2. The van der Waals surface area contributed by atoms with E-state index in [-0.39, 0.29) is 40.3 Å². The maximum absolute atomic E-state index is 14.6. The van der Waals surface area contributed by atoms with Gasteiger partial charge in [-0.2, -0.15) is 0 Å². The Labute approximate surface area is 232 Å². The highest BCUT2D eigenvalue weighted by Crippen LogP contribution is 2.36. The topological polar surface area (TPSA) is 80.8 Å². The Hall–Kier alpha value is -3.43.